The van der Waals surface area contributed by atoms with Gasteiger partial charge in [0.25, 0.3) is 6.43 Å². The molecule has 8 heteroatoms. The average molecular weight is 465 g/mol. The van der Waals surface area contributed by atoms with E-state index in [4.69, 9.17) is 14.7 Å². The first-order valence-electron chi connectivity index (χ1n) is 11.8. The van der Waals surface area contributed by atoms with E-state index in [1.54, 1.807) is 18.0 Å². The van der Waals surface area contributed by atoms with Crippen molar-refractivity contribution in [1.29, 1.82) is 0 Å². The van der Waals surface area contributed by atoms with Gasteiger partial charge in [0.05, 0.1) is 42.4 Å². The zero-order chi connectivity index (χ0) is 23.6. The second kappa shape index (κ2) is 7.98. The second-order valence-corrected chi connectivity index (χ2v) is 9.43. The average Bonchev–Trinajstić information content (AvgIpc) is 3.63. The molecule has 2 aromatic heterocycles. The Morgan fingerprint density at radius 1 is 1.18 bits per heavy atom. The third-order valence-electron chi connectivity index (χ3n) is 7.13. The van der Waals surface area contributed by atoms with Crippen molar-refractivity contribution in [2.45, 2.75) is 51.1 Å². The van der Waals surface area contributed by atoms with Crippen molar-refractivity contribution in [3.8, 4) is 11.3 Å². The summed E-state index contributed by atoms with van der Waals surface area (Å²) in [6.07, 6.45) is 1.87. The summed E-state index contributed by atoms with van der Waals surface area (Å²) < 4.78 is 35.9. The summed E-state index contributed by atoms with van der Waals surface area (Å²) in [4.78, 5) is 24.2. The van der Waals surface area contributed by atoms with Crippen LogP contribution in [0.4, 0.5) is 8.78 Å². The summed E-state index contributed by atoms with van der Waals surface area (Å²) in [5.41, 5.74) is 4.25. The Kier molecular flexibility index (Phi) is 5.02. The summed E-state index contributed by atoms with van der Waals surface area (Å²) in [5.74, 6) is 1.34. The first-order chi connectivity index (χ1) is 16.4. The van der Waals surface area contributed by atoms with Crippen LogP contribution in [0.1, 0.15) is 67.3 Å². The normalized spacial score (nSPS) is 20.7. The smallest absolute Gasteiger partial charge is 0.265 e. The van der Waals surface area contributed by atoms with Gasteiger partial charge in [-0.15, -0.1) is 0 Å². The van der Waals surface area contributed by atoms with Crippen LogP contribution in [0.15, 0.2) is 30.3 Å². The van der Waals surface area contributed by atoms with Crippen LogP contribution < -0.4 is 0 Å². The van der Waals surface area contributed by atoms with Gasteiger partial charge >= 0.3 is 0 Å². The molecule has 1 amide bonds. The van der Waals surface area contributed by atoms with Crippen LogP contribution in [-0.2, 0) is 16.1 Å². The minimum absolute atomic E-state index is 0.0623. The molecule has 1 atom stereocenters. The standard InChI is InChI=1S/C26H26F2N4O2/c1-14-26(33)31(2)13-21-23(30-25(32(14)21)16-6-7-16)17-4-3-5-20-18(17)12-19(24(27)28)22(29-20)15-8-10-34-11-9-15/h3-5,8,12,14,16,24H,6-7,9-11,13H2,1-2H3/t14-/m0/s1. The van der Waals surface area contributed by atoms with Crippen molar-refractivity contribution in [1.82, 2.24) is 19.4 Å². The topological polar surface area (TPSA) is 60.3 Å². The van der Waals surface area contributed by atoms with Gasteiger partial charge in [0, 0.05) is 29.5 Å². The lowest BCUT2D eigenvalue weighted by atomic mass is 9.97. The number of amides is 1. The third kappa shape index (κ3) is 3.35. The van der Waals surface area contributed by atoms with E-state index in [0.717, 1.165) is 41.2 Å². The van der Waals surface area contributed by atoms with Gasteiger partial charge in [-0.3, -0.25) is 4.79 Å². The first kappa shape index (κ1) is 21.4. The molecular weight excluding hydrogens is 438 g/mol. The Balaban J connectivity index is 1.57. The summed E-state index contributed by atoms with van der Waals surface area (Å²) in [6.45, 7) is 3.26. The Morgan fingerprint density at radius 3 is 2.71 bits per heavy atom. The van der Waals surface area contributed by atoms with E-state index in [1.165, 1.54) is 0 Å². The predicted molar refractivity (Wildman–Crippen MR) is 124 cm³/mol. The molecule has 6 nitrogen and oxygen atoms in total. The maximum Gasteiger partial charge on any atom is 0.265 e. The van der Waals surface area contributed by atoms with Gasteiger partial charge in [0.1, 0.15) is 11.9 Å². The number of hydrogen-bond donors (Lipinski definition) is 0. The van der Waals surface area contributed by atoms with Gasteiger partial charge in [0.15, 0.2) is 0 Å². The number of pyridine rings is 1. The highest BCUT2D eigenvalue weighted by Crippen LogP contribution is 2.45. The summed E-state index contributed by atoms with van der Waals surface area (Å²) in [5, 5.41) is 0.657. The quantitative estimate of drug-likeness (QED) is 0.529. The van der Waals surface area contributed by atoms with Crippen LogP contribution in [-0.4, -0.2) is 45.6 Å². The number of aromatic nitrogens is 3. The number of fused-ring (bicyclic) bond motifs is 2. The highest BCUT2D eigenvalue weighted by Gasteiger charge is 2.38. The van der Waals surface area contributed by atoms with E-state index < -0.39 is 6.43 Å². The molecule has 0 radical (unpaired) electrons. The van der Waals surface area contributed by atoms with Gasteiger partial charge in [-0.2, -0.15) is 0 Å². The van der Waals surface area contributed by atoms with Gasteiger partial charge in [-0.25, -0.2) is 18.7 Å². The van der Waals surface area contributed by atoms with Gasteiger partial charge in [0.2, 0.25) is 5.91 Å². The summed E-state index contributed by atoms with van der Waals surface area (Å²) in [7, 11) is 1.79. The molecule has 1 aromatic carbocycles. The first-order valence-corrected chi connectivity index (χ1v) is 11.8. The highest BCUT2D eigenvalue weighted by atomic mass is 19.3. The zero-order valence-electron chi connectivity index (χ0n) is 19.2. The van der Waals surface area contributed by atoms with Crippen LogP contribution in [0.25, 0.3) is 27.7 Å². The Hall–Kier alpha value is -3.13. The van der Waals surface area contributed by atoms with Crippen LogP contribution in [0.2, 0.25) is 0 Å². The van der Waals surface area contributed by atoms with Gasteiger partial charge in [-0.05, 0) is 43.9 Å². The highest BCUT2D eigenvalue weighted by molar-refractivity contribution is 5.96. The minimum Gasteiger partial charge on any atom is -0.377 e. The lowest BCUT2D eigenvalue weighted by Crippen LogP contribution is -2.39. The lowest BCUT2D eigenvalue weighted by Gasteiger charge is -2.31. The number of rotatable bonds is 4. The Bertz CT molecular complexity index is 1340. The molecule has 1 saturated carbocycles. The lowest BCUT2D eigenvalue weighted by molar-refractivity contribution is -0.135. The van der Waals surface area contributed by atoms with Crippen LogP contribution in [0, 0.1) is 0 Å². The number of carbonyl (C=O) groups is 1. The monoisotopic (exact) mass is 464 g/mol. The molecule has 0 N–H and O–H groups in total. The predicted octanol–water partition coefficient (Wildman–Crippen LogP) is 5.25. The molecule has 34 heavy (non-hydrogen) atoms. The van der Waals surface area contributed by atoms with Crippen molar-refractivity contribution in [3.05, 3.63) is 53.1 Å². The molecule has 0 saturated heterocycles. The minimum atomic E-state index is -2.65. The molecule has 0 bridgehead atoms. The second-order valence-electron chi connectivity index (χ2n) is 9.43. The zero-order valence-corrected chi connectivity index (χ0v) is 19.2. The molecule has 0 unspecified atom stereocenters. The number of nitrogens with zero attached hydrogens (tertiary/aromatic N) is 4. The molecule has 3 aromatic rings. The van der Waals surface area contributed by atoms with E-state index in [0.29, 0.717) is 48.7 Å². The molecule has 1 aliphatic carbocycles. The van der Waals surface area contributed by atoms with Crippen molar-refractivity contribution < 1.29 is 18.3 Å². The fourth-order valence-electron chi connectivity index (χ4n) is 5.23. The van der Waals surface area contributed by atoms with E-state index in [9.17, 15) is 13.6 Å². The number of benzene rings is 1. The molecule has 6 rings (SSSR count). The molecule has 4 heterocycles. The van der Waals surface area contributed by atoms with Crippen LogP contribution >= 0.6 is 0 Å². The summed E-state index contributed by atoms with van der Waals surface area (Å²) >= 11 is 0. The van der Waals surface area contributed by atoms with E-state index in [-0.39, 0.29) is 17.5 Å². The molecule has 0 spiro atoms. The van der Waals surface area contributed by atoms with Gasteiger partial charge in [-0.1, -0.05) is 18.2 Å². The number of imidazole rings is 1. The molecule has 1 fully saturated rings. The van der Waals surface area contributed by atoms with Crippen molar-refractivity contribution in [2.24, 2.45) is 0 Å². The number of ether oxygens (including phenoxy) is 1. The SMILES string of the molecule is C[C@H]1C(=O)N(C)Cc2c(-c3cccc4nc(C5=CCOCC5)c(C(F)F)cc34)nc(C3CC3)n21. The third-order valence-corrected chi connectivity index (χ3v) is 7.13. The molecule has 2 aliphatic heterocycles. The van der Waals surface area contributed by atoms with Gasteiger partial charge < -0.3 is 14.2 Å². The number of likely N-dealkylation sites (N-methyl/N-ethyl adjacent to an activating group) is 1. The number of hydrogen-bond acceptors (Lipinski definition) is 4. The fourth-order valence-corrected chi connectivity index (χ4v) is 5.23. The Labute approximate surface area is 196 Å². The maximum absolute atomic E-state index is 14.2. The number of alkyl halides is 2. The molecule has 3 aliphatic rings. The number of carbonyl (C=O) groups excluding carboxylic acids is 1. The van der Waals surface area contributed by atoms with E-state index in [2.05, 4.69) is 4.57 Å². The number of halogens is 2. The van der Waals surface area contributed by atoms with Crippen LogP contribution in [0.5, 0.6) is 0 Å². The Morgan fingerprint density at radius 2 is 2.00 bits per heavy atom. The molecular formula is C26H26F2N4O2. The largest absolute Gasteiger partial charge is 0.377 e. The van der Waals surface area contributed by atoms with E-state index >= 15 is 0 Å². The molecule has 176 valence electrons. The van der Waals surface area contributed by atoms with Crippen molar-refractivity contribution in [3.63, 3.8) is 0 Å². The maximum atomic E-state index is 14.2. The summed E-state index contributed by atoms with van der Waals surface area (Å²) in [6, 6.07) is 6.94. The van der Waals surface area contributed by atoms with Crippen LogP contribution in [0.3, 0.4) is 0 Å². The van der Waals surface area contributed by atoms with Crippen molar-refractivity contribution >= 4 is 22.4 Å². The van der Waals surface area contributed by atoms with Crippen molar-refractivity contribution in [2.75, 3.05) is 20.3 Å². The fraction of sp³-hybridized carbons (Fsp3) is 0.423. The van der Waals surface area contributed by atoms with E-state index in [1.807, 2.05) is 31.2 Å².